The molecule has 5 heteroatoms. The second-order valence-corrected chi connectivity index (χ2v) is 3.83. The number of aromatic nitrogens is 3. The molecule has 0 spiro atoms. The summed E-state index contributed by atoms with van der Waals surface area (Å²) in [7, 11) is 1.84. The summed E-state index contributed by atoms with van der Waals surface area (Å²) in [5.74, 6) is 1.49. The van der Waals surface area contributed by atoms with E-state index < -0.39 is 0 Å². The Kier molecular flexibility index (Phi) is 2.11. The van der Waals surface area contributed by atoms with E-state index in [1.165, 1.54) is 0 Å². The molecule has 2 N–H and O–H groups in total. The minimum atomic E-state index is 0.678. The first-order valence-electron chi connectivity index (χ1n) is 5.37. The molecule has 86 valence electrons. The van der Waals surface area contributed by atoms with Gasteiger partial charge in [0.15, 0.2) is 11.5 Å². The molecule has 0 unspecified atom stereocenters. The van der Waals surface area contributed by atoms with Crippen molar-refractivity contribution in [1.29, 1.82) is 0 Å². The summed E-state index contributed by atoms with van der Waals surface area (Å²) >= 11 is 0. The average Bonchev–Trinajstić information content (AvgIpc) is 2.92. The van der Waals surface area contributed by atoms with Crippen molar-refractivity contribution in [3.63, 3.8) is 0 Å². The number of aryl methyl sites for hydroxylation is 1. The predicted octanol–water partition coefficient (Wildman–Crippen LogP) is 2.57. The van der Waals surface area contributed by atoms with Crippen LogP contribution in [0.3, 0.4) is 0 Å². The fraction of sp³-hybridized carbons (Fsp3) is 0.167. The molecule has 2 heterocycles. The van der Waals surface area contributed by atoms with E-state index in [0.29, 0.717) is 5.89 Å². The molecule has 0 atom stereocenters. The highest BCUT2D eigenvalue weighted by Gasteiger charge is 2.06. The molecule has 0 radical (unpaired) electrons. The Morgan fingerprint density at radius 2 is 2.18 bits per heavy atom. The Morgan fingerprint density at radius 3 is 2.94 bits per heavy atom. The summed E-state index contributed by atoms with van der Waals surface area (Å²) in [6, 6.07) is 7.85. The molecule has 0 aliphatic rings. The lowest BCUT2D eigenvalue weighted by Gasteiger charge is -1.95. The maximum Gasteiger partial charge on any atom is 0.192 e. The predicted molar refractivity (Wildman–Crippen MR) is 65.9 cm³/mol. The summed E-state index contributed by atoms with van der Waals surface area (Å²) in [6.45, 7) is 1.84. The molecule has 1 aromatic carbocycles. The van der Waals surface area contributed by atoms with Gasteiger partial charge in [-0.2, -0.15) is 5.10 Å². The lowest BCUT2D eigenvalue weighted by molar-refractivity contribution is 0.561. The van der Waals surface area contributed by atoms with Gasteiger partial charge in [0.25, 0.3) is 0 Å². The van der Waals surface area contributed by atoms with Crippen LogP contribution in [0.4, 0.5) is 5.82 Å². The van der Waals surface area contributed by atoms with Gasteiger partial charge < -0.3 is 9.73 Å². The summed E-state index contributed by atoms with van der Waals surface area (Å²) in [5.41, 5.74) is 3.65. The highest BCUT2D eigenvalue weighted by atomic mass is 16.3. The molecule has 0 aliphatic carbocycles. The lowest BCUT2D eigenvalue weighted by Crippen LogP contribution is -1.85. The Balaban J connectivity index is 2.10. The second-order valence-electron chi connectivity index (χ2n) is 3.83. The topological polar surface area (TPSA) is 66.7 Å². The molecular weight excluding hydrogens is 216 g/mol. The number of H-pyrrole nitrogens is 1. The standard InChI is InChI=1S/C12H12N4O/c1-7-14-9-4-3-8(5-11(9)17-7)10-6-12(13-2)16-15-10/h3-6H,1-2H3,(H2,13,15,16). The zero-order valence-electron chi connectivity index (χ0n) is 9.61. The number of rotatable bonds is 2. The second kappa shape index (κ2) is 3.62. The molecule has 17 heavy (non-hydrogen) atoms. The third-order valence-corrected chi connectivity index (χ3v) is 2.64. The van der Waals surface area contributed by atoms with E-state index in [1.807, 2.05) is 38.2 Å². The van der Waals surface area contributed by atoms with Gasteiger partial charge in [-0.05, 0) is 12.1 Å². The monoisotopic (exact) mass is 228 g/mol. The van der Waals surface area contributed by atoms with Gasteiger partial charge in [0.2, 0.25) is 0 Å². The van der Waals surface area contributed by atoms with Crippen LogP contribution in [0.5, 0.6) is 0 Å². The number of nitrogens with one attached hydrogen (secondary N) is 2. The van der Waals surface area contributed by atoms with Crippen molar-refractivity contribution in [2.24, 2.45) is 0 Å². The summed E-state index contributed by atoms with van der Waals surface area (Å²) in [6.07, 6.45) is 0. The number of hydrogen-bond donors (Lipinski definition) is 2. The van der Waals surface area contributed by atoms with Gasteiger partial charge in [0.1, 0.15) is 11.3 Å². The van der Waals surface area contributed by atoms with Crippen molar-refractivity contribution >= 4 is 16.9 Å². The molecule has 0 bridgehead atoms. The average molecular weight is 228 g/mol. The minimum Gasteiger partial charge on any atom is -0.441 e. The number of oxazole rings is 1. The van der Waals surface area contributed by atoms with Gasteiger partial charge in [0.05, 0.1) is 5.69 Å². The first-order valence-corrected chi connectivity index (χ1v) is 5.37. The van der Waals surface area contributed by atoms with Gasteiger partial charge in [-0.25, -0.2) is 4.98 Å². The third-order valence-electron chi connectivity index (χ3n) is 2.64. The van der Waals surface area contributed by atoms with Crippen molar-refractivity contribution < 1.29 is 4.42 Å². The van der Waals surface area contributed by atoms with E-state index >= 15 is 0 Å². The Bertz CT molecular complexity index is 668. The molecule has 2 aromatic heterocycles. The minimum absolute atomic E-state index is 0.678. The number of benzene rings is 1. The first kappa shape index (κ1) is 9.89. The van der Waals surface area contributed by atoms with Crippen molar-refractivity contribution in [1.82, 2.24) is 15.2 Å². The molecule has 0 saturated carbocycles. The van der Waals surface area contributed by atoms with E-state index in [2.05, 4.69) is 20.5 Å². The Labute approximate surface area is 97.9 Å². The quantitative estimate of drug-likeness (QED) is 0.707. The van der Waals surface area contributed by atoms with Crippen LogP contribution in [0, 0.1) is 6.92 Å². The smallest absolute Gasteiger partial charge is 0.192 e. The highest BCUT2D eigenvalue weighted by Crippen LogP contribution is 2.24. The van der Waals surface area contributed by atoms with Crippen molar-refractivity contribution in [2.75, 3.05) is 12.4 Å². The number of nitrogens with zero attached hydrogens (tertiary/aromatic N) is 2. The van der Waals surface area contributed by atoms with Crippen LogP contribution in [0.2, 0.25) is 0 Å². The van der Waals surface area contributed by atoms with Crippen LogP contribution >= 0.6 is 0 Å². The van der Waals surface area contributed by atoms with Gasteiger partial charge in [-0.3, -0.25) is 5.10 Å². The summed E-state index contributed by atoms with van der Waals surface area (Å²) < 4.78 is 5.50. The van der Waals surface area contributed by atoms with E-state index in [-0.39, 0.29) is 0 Å². The van der Waals surface area contributed by atoms with E-state index in [0.717, 1.165) is 28.2 Å². The van der Waals surface area contributed by atoms with E-state index in [9.17, 15) is 0 Å². The van der Waals surface area contributed by atoms with Crippen LogP contribution in [0.1, 0.15) is 5.89 Å². The maximum absolute atomic E-state index is 5.50. The highest BCUT2D eigenvalue weighted by molar-refractivity contribution is 5.79. The van der Waals surface area contributed by atoms with Crippen molar-refractivity contribution in [3.05, 3.63) is 30.2 Å². The van der Waals surface area contributed by atoms with Crippen LogP contribution in [0.15, 0.2) is 28.7 Å². The zero-order valence-corrected chi connectivity index (χ0v) is 9.61. The SMILES string of the molecule is CNc1cc(-c2ccc3nc(C)oc3c2)[nH]n1. The normalized spacial score (nSPS) is 10.9. The number of anilines is 1. The summed E-state index contributed by atoms with van der Waals surface area (Å²) in [4.78, 5) is 4.26. The molecule has 0 fully saturated rings. The molecule has 0 amide bonds. The van der Waals surface area contributed by atoms with Crippen LogP contribution < -0.4 is 5.32 Å². The fourth-order valence-corrected chi connectivity index (χ4v) is 1.81. The van der Waals surface area contributed by atoms with Crippen molar-refractivity contribution in [2.45, 2.75) is 6.92 Å². The molecule has 0 saturated heterocycles. The van der Waals surface area contributed by atoms with Crippen LogP contribution in [-0.4, -0.2) is 22.2 Å². The number of hydrogen-bond acceptors (Lipinski definition) is 4. The Morgan fingerprint density at radius 1 is 1.29 bits per heavy atom. The molecule has 3 rings (SSSR count). The van der Waals surface area contributed by atoms with Gasteiger partial charge in [-0.1, -0.05) is 6.07 Å². The Hall–Kier alpha value is -2.30. The van der Waals surface area contributed by atoms with Gasteiger partial charge in [-0.15, -0.1) is 0 Å². The van der Waals surface area contributed by atoms with Crippen molar-refractivity contribution in [3.8, 4) is 11.3 Å². The molecule has 3 aromatic rings. The number of aromatic amines is 1. The number of fused-ring (bicyclic) bond motifs is 1. The van der Waals surface area contributed by atoms with E-state index in [1.54, 1.807) is 0 Å². The first-order chi connectivity index (χ1) is 8.26. The maximum atomic E-state index is 5.50. The van der Waals surface area contributed by atoms with Crippen LogP contribution in [-0.2, 0) is 0 Å². The van der Waals surface area contributed by atoms with Gasteiger partial charge in [0, 0.05) is 25.6 Å². The molecular formula is C12H12N4O. The zero-order chi connectivity index (χ0) is 11.8. The molecule has 0 aliphatic heterocycles. The summed E-state index contributed by atoms with van der Waals surface area (Å²) in [5, 5.41) is 10.1. The fourth-order valence-electron chi connectivity index (χ4n) is 1.81. The van der Waals surface area contributed by atoms with Crippen LogP contribution in [0.25, 0.3) is 22.4 Å². The van der Waals surface area contributed by atoms with E-state index in [4.69, 9.17) is 4.42 Å². The largest absolute Gasteiger partial charge is 0.441 e. The van der Waals surface area contributed by atoms with Gasteiger partial charge >= 0.3 is 0 Å². The molecule has 5 nitrogen and oxygen atoms in total. The third kappa shape index (κ3) is 1.65. The lowest BCUT2D eigenvalue weighted by atomic mass is 10.1.